The number of nitrogens with zero attached hydrogens (tertiary/aromatic N) is 4. The standard InChI is InChI=1S/C30H41N5O4/c1-7-25(30(38)39-19(2)3)31-15-22-10-11-27-26(14-22)32-28(24-13-20(4)29(37)33(6)18-24)35(27)17-23-9-8-12-34(16-23)21(5)36/h10-11,13-14,18-19,23,25,31H,7-9,12,15-17H2,1-6H3/t23-,25?/m1/s1. The lowest BCUT2D eigenvalue weighted by molar-refractivity contribution is -0.150. The summed E-state index contributed by atoms with van der Waals surface area (Å²) in [5.74, 6) is 0.993. The van der Waals surface area contributed by atoms with Crippen molar-refractivity contribution in [2.75, 3.05) is 13.1 Å². The van der Waals surface area contributed by atoms with Crippen LogP contribution in [0.4, 0.5) is 0 Å². The zero-order chi connectivity index (χ0) is 28.3. The summed E-state index contributed by atoms with van der Waals surface area (Å²) in [5, 5.41) is 3.33. The number of imidazole rings is 1. The van der Waals surface area contributed by atoms with Crippen LogP contribution in [0.3, 0.4) is 0 Å². The Balaban J connectivity index is 1.68. The molecule has 0 spiro atoms. The first kappa shape index (κ1) is 28.5. The molecule has 210 valence electrons. The zero-order valence-corrected chi connectivity index (χ0v) is 24.0. The smallest absolute Gasteiger partial charge is 0.323 e. The predicted molar refractivity (Wildman–Crippen MR) is 152 cm³/mol. The lowest BCUT2D eigenvalue weighted by Crippen LogP contribution is -2.39. The quantitative estimate of drug-likeness (QED) is 0.419. The molecule has 1 fully saturated rings. The Kier molecular flexibility index (Phi) is 8.90. The van der Waals surface area contributed by atoms with Crippen molar-refractivity contribution in [2.45, 2.75) is 79.1 Å². The fourth-order valence-electron chi connectivity index (χ4n) is 5.40. The van der Waals surface area contributed by atoms with Crippen molar-refractivity contribution in [3.8, 4) is 11.4 Å². The van der Waals surface area contributed by atoms with E-state index >= 15 is 0 Å². The third-order valence-electron chi connectivity index (χ3n) is 7.44. The molecule has 0 radical (unpaired) electrons. The molecular weight excluding hydrogens is 494 g/mol. The number of rotatable bonds is 9. The maximum absolute atomic E-state index is 12.4. The van der Waals surface area contributed by atoms with Gasteiger partial charge in [-0.3, -0.25) is 14.4 Å². The van der Waals surface area contributed by atoms with Gasteiger partial charge in [0.05, 0.1) is 17.1 Å². The number of aromatic nitrogens is 3. The Bertz CT molecular complexity index is 1380. The predicted octanol–water partition coefficient (Wildman–Crippen LogP) is 3.79. The average Bonchev–Trinajstić information content (AvgIpc) is 3.24. The van der Waals surface area contributed by atoms with Gasteiger partial charge in [-0.25, -0.2) is 4.98 Å². The van der Waals surface area contributed by atoms with Crippen LogP contribution in [-0.2, 0) is 34.5 Å². The largest absolute Gasteiger partial charge is 0.462 e. The summed E-state index contributed by atoms with van der Waals surface area (Å²) in [7, 11) is 1.76. The van der Waals surface area contributed by atoms with Crippen molar-refractivity contribution >= 4 is 22.9 Å². The minimum Gasteiger partial charge on any atom is -0.462 e. The molecular formula is C30H41N5O4. The molecule has 1 amide bonds. The number of benzene rings is 1. The number of aryl methyl sites for hydroxylation is 2. The molecule has 9 heteroatoms. The summed E-state index contributed by atoms with van der Waals surface area (Å²) < 4.78 is 9.22. The van der Waals surface area contributed by atoms with E-state index in [2.05, 4.69) is 28.1 Å². The average molecular weight is 536 g/mol. The number of likely N-dealkylation sites (tertiary alicyclic amines) is 1. The number of nitrogens with one attached hydrogen (secondary N) is 1. The van der Waals surface area contributed by atoms with Crippen LogP contribution in [0.15, 0.2) is 35.3 Å². The molecule has 1 saturated heterocycles. The number of amides is 1. The van der Waals surface area contributed by atoms with E-state index in [1.807, 2.05) is 44.9 Å². The molecule has 0 bridgehead atoms. The highest BCUT2D eigenvalue weighted by molar-refractivity contribution is 5.81. The van der Waals surface area contributed by atoms with Gasteiger partial charge in [-0.2, -0.15) is 0 Å². The first-order valence-electron chi connectivity index (χ1n) is 13.9. The fraction of sp³-hybridized carbons (Fsp3) is 0.533. The molecule has 2 atom stereocenters. The van der Waals surface area contributed by atoms with Crippen molar-refractivity contribution in [3.63, 3.8) is 0 Å². The van der Waals surface area contributed by atoms with E-state index in [9.17, 15) is 14.4 Å². The Morgan fingerprint density at radius 1 is 1.23 bits per heavy atom. The van der Waals surface area contributed by atoms with Gasteiger partial charge < -0.3 is 24.1 Å². The van der Waals surface area contributed by atoms with Crippen molar-refractivity contribution in [1.29, 1.82) is 0 Å². The van der Waals surface area contributed by atoms with Gasteiger partial charge in [0.25, 0.3) is 5.56 Å². The Hall–Kier alpha value is -3.46. The molecule has 0 aliphatic carbocycles. The molecule has 9 nitrogen and oxygen atoms in total. The molecule has 1 aliphatic rings. The summed E-state index contributed by atoms with van der Waals surface area (Å²) in [4.78, 5) is 43.8. The Morgan fingerprint density at radius 3 is 2.67 bits per heavy atom. The molecule has 1 unspecified atom stereocenters. The highest BCUT2D eigenvalue weighted by Crippen LogP contribution is 2.29. The lowest BCUT2D eigenvalue weighted by atomic mass is 9.97. The fourth-order valence-corrected chi connectivity index (χ4v) is 5.40. The van der Waals surface area contributed by atoms with E-state index in [-0.39, 0.29) is 29.6 Å². The third-order valence-corrected chi connectivity index (χ3v) is 7.44. The van der Waals surface area contributed by atoms with Gasteiger partial charge in [0.1, 0.15) is 11.9 Å². The summed E-state index contributed by atoms with van der Waals surface area (Å²) in [6.45, 7) is 11.9. The SMILES string of the molecule is CCC(NCc1ccc2c(c1)nc(-c1cc(C)c(=O)n(C)c1)n2C[C@@H]1CCCN(C(C)=O)C1)C(=O)OC(C)C. The van der Waals surface area contributed by atoms with E-state index in [0.29, 0.717) is 24.4 Å². The second-order valence-corrected chi connectivity index (χ2v) is 11.0. The van der Waals surface area contributed by atoms with Crippen LogP contribution in [0, 0.1) is 12.8 Å². The number of fused-ring (bicyclic) bond motifs is 1. The van der Waals surface area contributed by atoms with Crippen molar-refractivity contribution in [2.24, 2.45) is 13.0 Å². The zero-order valence-electron chi connectivity index (χ0n) is 24.0. The molecule has 39 heavy (non-hydrogen) atoms. The number of esters is 1. The van der Waals surface area contributed by atoms with E-state index in [1.165, 1.54) is 0 Å². The number of pyridine rings is 1. The minimum absolute atomic E-state index is 0.0272. The number of hydrogen-bond acceptors (Lipinski definition) is 6. The number of piperidine rings is 1. The molecule has 1 aromatic carbocycles. The first-order chi connectivity index (χ1) is 18.6. The van der Waals surface area contributed by atoms with Gasteiger partial charge in [-0.05, 0) is 69.7 Å². The monoisotopic (exact) mass is 535 g/mol. The highest BCUT2D eigenvalue weighted by atomic mass is 16.5. The molecule has 1 N–H and O–H groups in total. The topological polar surface area (TPSA) is 98.5 Å². The van der Waals surface area contributed by atoms with E-state index in [4.69, 9.17) is 9.72 Å². The summed E-state index contributed by atoms with van der Waals surface area (Å²) in [5.41, 5.74) is 4.40. The molecule has 4 rings (SSSR count). The van der Waals surface area contributed by atoms with Crippen LogP contribution in [0.5, 0.6) is 0 Å². The van der Waals surface area contributed by atoms with Crippen molar-refractivity contribution < 1.29 is 14.3 Å². The second kappa shape index (κ2) is 12.2. The maximum Gasteiger partial charge on any atom is 0.323 e. The van der Waals surface area contributed by atoms with Crippen LogP contribution in [-0.4, -0.2) is 56.1 Å². The van der Waals surface area contributed by atoms with Gasteiger partial charge in [0, 0.05) is 57.5 Å². The van der Waals surface area contributed by atoms with E-state index in [1.54, 1.807) is 18.5 Å². The van der Waals surface area contributed by atoms with Crippen molar-refractivity contribution in [3.05, 3.63) is 51.9 Å². The molecule has 3 heterocycles. The number of ether oxygens (including phenoxy) is 1. The summed E-state index contributed by atoms with van der Waals surface area (Å²) in [6.07, 6.45) is 4.35. The molecule has 1 aliphatic heterocycles. The summed E-state index contributed by atoms with van der Waals surface area (Å²) in [6, 6.07) is 7.72. The maximum atomic E-state index is 12.4. The van der Waals surface area contributed by atoms with Crippen LogP contribution in [0.2, 0.25) is 0 Å². The van der Waals surface area contributed by atoms with Gasteiger partial charge in [0.15, 0.2) is 0 Å². The molecule has 3 aromatic rings. The first-order valence-corrected chi connectivity index (χ1v) is 13.9. The Labute approximate surface area is 230 Å². The summed E-state index contributed by atoms with van der Waals surface area (Å²) >= 11 is 0. The van der Waals surface area contributed by atoms with Crippen LogP contribution < -0.4 is 10.9 Å². The third kappa shape index (κ3) is 6.58. The van der Waals surface area contributed by atoms with Crippen LogP contribution in [0.1, 0.15) is 58.1 Å². The minimum atomic E-state index is -0.375. The van der Waals surface area contributed by atoms with Crippen molar-refractivity contribution in [1.82, 2.24) is 24.3 Å². The van der Waals surface area contributed by atoms with Gasteiger partial charge in [-0.15, -0.1) is 0 Å². The number of carbonyl (C=O) groups excluding carboxylic acids is 2. The van der Waals surface area contributed by atoms with Gasteiger partial charge in [-0.1, -0.05) is 13.0 Å². The lowest BCUT2D eigenvalue weighted by Gasteiger charge is -2.32. The van der Waals surface area contributed by atoms with Gasteiger partial charge in [0.2, 0.25) is 5.91 Å². The normalized spacial score (nSPS) is 16.6. The van der Waals surface area contributed by atoms with E-state index in [0.717, 1.165) is 60.5 Å². The van der Waals surface area contributed by atoms with Crippen LogP contribution >= 0.6 is 0 Å². The van der Waals surface area contributed by atoms with Gasteiger partial charge >= 0.3 is 5.97 Å². The molecule has 0 saturated carbocycles. The van der Waals surface area contributed by atoms with E-state index < -0.39 is 0 Å². The molecule has 2 aromatic heterocycles. The Morgan fingerprint density at radius 2 is 2.00 bits per heavy atom. The number of carbonyl (C=O) groups is 2. The highest BCUT2D eigenvalue weighted by Gasteiger charge is 2.25. The van der Waals surface area contributed by atoms with Crippen LogP contribution in [0.25, 0.3) is 22.4 Å². The second-order valence-electron chi connectivity index (χ2n) is 11.0. The number of hydrogen-bond donors (Lipinski definition) is 1.